The topological polar surface area (TPSA) is 96.1 Å². The monoisotopic (exact) mass is 500 g/mol. The Balaban J connectivity index is 1.32. The largest absolute Gasteiger partial charge is 0.380 e. The van der Waals surface area contributed by atoms with E-state index >= 15 is 0 Å². The predicted molar refractivity (Wildman–Crippen MR) is 140 cm³/mol. The molecule has 8 nitrogen and oxygen atoms in total. The smallest absolute Gasteiger partial charge is 0.223 e. The van der Waals surface area contributed by atoms with Gasteiger partial charge < -0.3 is 29.8 Å². The first-order chi connectivity index (χ1) is 17.4. The van der Waals surface area contributed by atoms with Crippen molar-refractivity contribution < 1.29 is 9.53 Å². The number of aryl methyl sites for hydroxylation is 1. The number of imidazole rings is 1. The Morgan fingerprint density at radius 2 is 2.00 bits per heavy atom. The van der Waals surface area contributed by atoms with Crippen LogP contribution in [0, 0.1) is 40.9 Å². The average molecular weight is 501 g/mol. The van der Waals surface area contributed by atoms with Gasteiger partial charge in [0.2, 0.25) is 11.5 Å². The number of nitrogens with one attached hydrogen (secondary N) is 4. The van der Waals surface area contributed by atoms with Gasteiger partial charge in [-0.1, -0.05) is 6.92 Å². The van der Waals surface area contributed by atoms with Crippen LogP contribution in [0.4, 0.5) is 0 Å². The van der Waals surface area contributed by atoms with Crippen molar-refractivity contribution in [3.05, 3.63) is 18.0 Å². The minimum atomic E-state index is 0.0434. The number of carbonyl (C=O) groups excluding carboxylic acids is 1. The molecule has 0 spiro atoms. The molecule has 2 saturated carbocycles. The summed E-state index contributed by atoms with van der Waals surface area (Å²) in [5.41, 5.74) is 0.529. The fourth-order valence-corrected chi connectivity index (χ4v) is 7.50. The molecule has 1 aromatic rings. The number of methoxy groups -OCH3 is 1. The second-order valence-electron chi connectivity index (χ2n) is 12.4. The number of carbonyl (C=O) groups is 1. The van der Waals surface area contributed by atoms with E-state index in [-0.39, 0.29) is 24.0 Å². The van der Waals surface area contributed by atoms with Gasteiger partial charge >= 0.3 is 0 Å². The van der Waals surface area contributed by atoms with Crippen LogP contribution in [-0.4, -0.2) is 60.0 Å². The Kier molecular flexibility index (Phi) is 8.23. The van der Waals surface area contributed by atoms with Crippen molar-refractivity contribution >= 4 is 5.91 Å². The van der Waals surface area contributed by atoms with Gasteiger partial charge in [-0.15, -0.1) is 0 Å². The van der Waals surface area contributed by atoms with E-state index in [4.69, 9.17) is 10.1 Å². The molecule has 202 valence electrons. The van der Waals surface area contributed by atoms with E-state index in [1.165, 1.54) is 25.7 Å². The van der Waals surface area contributed by atoms with E-state index < -0.39 is 0 Å². The summed E-state index contributed by atoms with van der Waals surface area (Å²) in [5, 5.41) is 19.2. The van der Waals surface area contributed by atoms with Crippen molar-refractivity contribution in [1.29, 1.82) is 5.41 Å². The summed E-state index contributed by atoms with van der Waals surface area (Å²) in [5.74, 6) is 3.06. The Morgan fingerprint density at radius 3 is 2.69 bits per heavy atom. The summed E-state index contributed by atoms with van der Waals surface area (Å²) in [6, 6.07) is 0.682. The van der Waals surface area contributed by atoms with Crippen LogP contribution in [0.3, 0.4) is 0 Å². The summed E-state index contributed by atoms with van der Waals surface area (Å²) >= 11 is 0. The molecular weight excluding hydrogens is 452 g/mol. The molecule has 0 bridgehead atoms. The van der Waals surface area contributed by atoms with Gasteiger partial charge in [-0.25, -0.2) is 0 Å². The minimum absolute atomic E-state index is 0.0434. The van der Waals surface area contributed by atoms with Gasteiger partial charge in [-0.3, -0.25) is 10.2 Å². The van der Waals surface area contributed by atoms with Crippen molar-refractivity contribution in [1.82, 2.24) is 25.1 Å². The molecule has 1 aromatic heterocycles. The highest BCUT2D eigenvalue weighted by Crippen LogP contribution is 2.42. The molecule has 0 aromatic carbocycles. The maximum atomic E-state index is 13.9. The number of amides is 1. The molecule has 0 radical (unpaired) electrons. The maximum absolute atomic E-state index is 13.9. The highest BCUT2D eigenvalue weighted by molar-refractivity contribution is 5.79. The van der Waals surface area contributed by atoms with Crippen LogP contribution in [-0.2, 0) is 23.1 Å². The van der Waals surface area contributed by atoms with Crippen LogP contribution >= 0.6 is 0 Å². The number of hydrogen-bond acceptors (Lipinski definition) is 5. The van der Waals surface area contributed by atoms with Crippen LogP contribution in [0.2, 0.25) is 0 Å². The molecular formula is C28H48N6O2. The molecule has 8 atom stereocenters. The average Bonchev–Trinajstić information content (AvgIpc) is 3.69. The zero-order chi connectivity index (χ0) is 25.2. The standard InChI is InChI=1S/C28H48N6O2/c1-18-6-9-31-24(12-18)26(20-4-5-20)32-27(35)22-14-19(17-34-11-10-33(2)28(34)29)13-21(15-22)23-7-8-30-16-25(23)36-3/h10-11,18-26,29-31H,4-9,12-17H2,1-3H3,(H,32,35). The van der Waals surface area contributed by atoms with E-state index in [0.29, 0.717) is 35.3 Å². The normalized spacial score (nSPS) is 36.4. The second kappa shape index (κ2) is 11.4. The number of aromatic nitrogens is 2. The van der Waals surface area contributed by atoms with Gasteiger partial charge in [0.05, 0.1) is 6.10 Å². The van der Waals surface area contributed by atoms with Gasteiger partial charge in [0.15, 0.2) is 0 Å². The van der Waals surface area contributed by atoms with Gasteiger partial charge in [0.25, 0.3) is 0 Å². The number of hydrogen-bond donors (Lipinski definition) is 4. The SMILES string of the molecule is COC1CNCCC1C1CC(Cn2ccn(C)c2=N)CC(C(=O)NC(C2CC2)C2CC(C)CCN2)C1. The summed E-state index contributed by atoms with van der Waals surface area (Å²) in [6.45, 7) is 6.16. The van der Waals surface area contributed by atoms with Gasteiger partial charge in [0.1, 0.15) is 0 Å². The van der Waals surface area contributed by atoms with Crippen LogP contribution in [0.25, 0.3) is 0 Å². The zero-order valence-corrected chi connectivity index (χ0v) is 22.5. The molecule has 2 saturated heterocycles. The number of ether oxygens (including phenoxy) is 1. The minimum Gasteiger partial charge on any atom is -0.380 e. The second-order valence-corrected chi connectivity index (χ2v) is 12.4. The van der Waals surface area contributed by atoms with Crippen LogP contribution in [0.5, 0.6) is 0 Å². The van der Waals surface area contributed by atoms with Crippen LogP contribution in [0.1, 0.15) is 58.3 Å². The first kappa shape index (κ1) is 26.0. The fraction of sp³-hybridized carbons (Fsp3) is 0.857. The molecule has 8 unspecified atom stereocenters. The van der Waals surface area contributed by atoms with E-state index in [9.17, 15) is 4.79 Å². The summed E-state index contributed by atoms with van der Waals surface area (Å²) in [7, 11) is 3.76. The number of piperidine rings is 2. The molecule has 36 heavy (non-hydrogen) atoms. The summed E-state index contributed by atoms with van der Waals surface area (Å²) in [4.78, 5) is 13.9. The lowest BCUT2D eigenvalue weighted by Crippen LogP contribution is -2.55. The molecule has 2 aliphatic carbocycles. The van der Waals surface area contributed by atoms with E-state index in [0.717, 1.165) is 57.8 Å². The number of rotatable bonds is 8. The molecule has 5 rings (SSSR count). The van der Waals surface area contributed by atoms with Gasteiger partial charge in [-0.2, -0.15) is 0 Å². The van der Waals surface area contributed by atoms with Crippen molar-refractivity contribution in [3.63, 3.8) is 0 Å². The van der Waals surface area contributed by atoms with Crippen molar-refractivity contribution in [3.8, 4) is 0 Å². The molecule has 3 heterocycles. The van der Waals surface area contributed by atoms with Gasteiger partial charge in [0, 0.05) is 57.6 Å². The predicted octanol–water partition coefficient (Wildman–Crippen LogP) is 2.25. The van der Waals surface area contributed by atoms with E-state index in [1.807, 2.05) is 31.1 Å². The zero-order valence-electron chi connectivity index (χ0n) is 22.5. The fourth-order valence-electron chi connectivity index (χ4n) is 7.50. The lowest BCUT2D eigenvalue weighted by atomic mass is 9.67. The van der Waals surface area contributed by atoms with Crippen LogP contribution in [0.15, 0.2) is 12.4 Å². The lowest BCUT2D eigenvalue weighted by Gasteiger charge is -2.43. The summed E-state index contributed by atoms with van der Waals surface area (Å²) < 4.78 is 9.82. The van der Waals surface area contributed by atoms with E-state index in [2.05, 4.69) is 27.4 Å². The van der Waals surface area contributed by atoms with Crippen molar-refractivity contribution in [2.24, 2.45) is 42.6 Å². The molecule has 4 fully saturated rings. The third kappa shape index (κ3) is 5.91. The molecule has 4 N–H and O–H groups in total. The Labute approximate surface area is 216 Å². The highest BCUT2D eigenvalue weighted by Gasteiger charge is 2.43. The van der Waals surface area contributed by atoms with E-state index in [1.54, 1.807) is 0 Å². The molecule has 8 heteroatoms. The maximum Gasteiger partial charge on any atom is 0.223 e. The lowest BCUT2D eigenvalue weighted by molar-refractivity contribution is -0.129. The molecule has 1 amide bonds. The van der Waals surface area contributed by atoms with Crippen molar-refractivity contribution in [2.75, 3.05) is 26.7 Å². The summed E-state index contributed by atoms with van der Waals surface area (Å²) in [6.07, 6.45) is 13.2. The quantitative estimate of drug-likeness (QED) is 0.440. The molecule has 4 aliphatic rings. The first-order valence-corrected chi connectivity index (χ1v) is 14.5. The highest BCUT2D eigenvalue weighted by atomic mass is 16.5. The van der Waals surface area contributed by atoms with Crippen molar-refractivity contribution in [2.45, 2.75) is 83.0 Å². The Bertz CT molecular complexity index is 939. The first-order valence-electron chi connectivity index (χ1n) is 14.5. The Hall–Kier alpha value is -1.64. The third-order valence-electron chi connectivity index (χ3n) is 9.70. The Morgan fingerprint density at radius 1 is 1.17 bits per heavy atom. The number of nitrogens with zero attached hydrogens (tertiary/aromatic N) is 2. The van der Waals surface area contributed by atoms with Gasteiger partial charge in [-0.05, 0) is 94.0 Å². The molecule has 2 aliphatic heterocycles. The third-order valence-corrected chi connectivity index (χ3v) is 9.70. The van der Waals surface area contributed by atoms with Crippen LogP contribution < -0.4 is 21.6 Å².